The zero-order valence-corrected chi connectivity index (χ0v) is 14.7. The fourth-order valence-corrected chi connectivity index (χ4v) is 2.94. The van der Waals surface area contributed by atoms with Crippen molar-refractivity contribution in [1.29, 1.82) is 0 Å². The van der Waals surface area contributed by atoms with E-state index in [9.17, 15) is 0 Å². The van der Waals surface area contributed by atoms with Gasteiger partial charge in [0.2, 0.25) is 0 Å². The molecule has 0 saturated carbocycles. The molecule has 0 radical (unpaired) electrons. The molecule has 124 valence electrons. The third-order valence-corrected chi connectivity index (χ3v) is 3.97. The predicted octanol–water partition coefficient (Wildman–Crippen LogP) is 3.21. The van der Waals surface area contributed by atoms with Gasteiger partial charge in [-0.15, -0.1) is 5.10 Å². The first kappa shape index (κ1) is 16.0. The van der Waals surface area contributed by atoms with Crippen molar-refractivity contribution in [2.75, 3.05) is 6.54 Å². The van der Waals surface area contributed by atoms with E-state index in [0.29, 0.717) is 0 Å². The SMILES string of the molecule is CC1(C)CN(Cc2cn(C(C)(C)C)nn2)Cc2ccccc2O1. The molecule has 1 aliphatic heterocycles. The molecule has 3 rings (SSSR count). The van der Waals surface area contributed by atoms with E-state index in [1.807, 2.05) is 16.9 Å². The highest BCUT2D eigenvalue weighted by Crippen LogP contribution is 2.29. The molecule has 5 nitrogen and oxygen atoms in total. The molecule has 1 aliphatic rings. The van der Waals surface area contributed by atoms with Gasteiger partial charge in [-0.05, 0) is 40.7 Å². The molecule has 0 fully saturated rings. The largest absolute Gasteiger partial charge is 0.486 e. The molecule has 2 aromatic rings. The third kappa shape index (κ3) is 3.72. The lowest BCUT2D eigenvalue weighted by molar-refractivity contribution is 0.0678. The van der Waals surface area contributed by atoms with Crippen LogP contribution in [0.1, 0.15) is 45.9 Å². The average molecular weight is 314 g/mol. The molecule has 1 aromatic heterocycles. The van der Waals surface area contributed by atoms with Crippen LogP contribution in [-0.2, 0) is 18.6 Å². The maximum Gasteiger partial charge on any atom is 0.124 e. The van der Waals surface area contributed by atoms with Gasteiger partial charge < -0.3 is 4.74 Å². The van der Waals surface area contributed by atoms with E-state index in [-0.39, 0.29) is 11.1 Å². The Balaban J connectivity index is 1.81. The van der Waals surface area contributed by atoms with Crippen molar-refractivity contribution in [3.63, 3.8) is 0 Å². The number of para-hydroxylation sites is 1. The summed E-state index contributed by atoms with van der Waals surface area (Å²) in [4.78, 5) is 2.38. The molecule has 2 heterocycles. The molecule has 0 spiro atoms. The Morgan fingerprint density at radius 3 is 2.65 bits per heavy atom. The molecule has 1 aromatic carbocycles. The molecule has 0 unspecified atom stereocenters. The number of fused-ring (bicyclic) bond motifs is 1. The number of rotatable bonds is 2. The highest BCUT2D eigenvalue weighted by atomic mass is 16.5. The van der Waals surface area contributed by atoms with Gasteiger partial charge in [0.25, 0.3) is 0 Å². The quantitative estimate of drug-likeness (QED) is 0.854. The fraction of sp³-hybridized carbons (Fsp3) is 0.556. The Labute approximate surface area is 138 Å². The van der Waals surface area contributed by atoms with Gasteiger partial charge in [-0.1, -0.05) is 23.4 Å². The van der Waals surface area contributed by atoms with Crippen LogP contribution in [0, 0.1) is 0 Å². The summed E-state index contributed by atoms with van der Waals surface area (Å²) in [5.41, 5.74) is 1.95. The Hall–Kier alpha value is -1.88. The Bertz CT molecular complexity index is 684. The molecular formula is C18H26N4O. The van der Waals surface area contributed by atoms with Gasteiger partial charge in [-0.25, -0.2) is 4.68 Å². The summed E-state index contributed by atoms with van der Waals surface area (Å²) in [6.45, 7) is 13.1. The monoisotopic (exact) mass is 314 g/mol. The van der Waals surface area contributed by atoms with Crippen LogP contribution in [0.3, 0.4) is 0 Å². The lowest BCUT2D eigenvalue weighted by atomic mass is 10.1. The first-order valence-corrected chi connectivity index (χ1v) is 8.14. The third-order valence-electron chi connectivity index (χ3n) is 3.97. The van der Waals surface area contributed by atoms with E-state index in [0.717, 1.165) is 31.1 Å². The van der Waals surface area contributed by atoms with Crippen LogP contribution in [0.2, 0.25) is 0 Å². The minimum atomic E-state index is -0.230. The van der Waals surface area contributed by atoms with Gasteiger partial charge in [0.15, 0.2) is 0 Å². The van der Waals surface area contributed by atoms with Crippen LogP contribution < -0.4 is 4.74 Å². The standard InChI is InChI=1S/C18H26N4O/c1-17(2,3)22-12-15(19-20-22)11-21-10-14-8-6-7-9-16(14)23-18(4,5)13-21/h6-9,12H,10-11,13H2,1-5H3. The summed E-state index contributed by atoms with van der Waals surface area (Å²) in [5, 5.41) is 8.61. The second-order valence-electron chi connectivity index (χ2n) is 7.94. The minimum Gasteiger partial charge on any atom is -0.486 e. The number of hydrogen-bond acceptors (Lipinski definition) is 4. The average Bonchev–Trinajstić information content (AvgIpc) is 2.83. The summed E-state index contributed by atoms with van der Waals surface area (Å²) in [6.07, 6.45) is 2.05. The molecule has 0 bridgehead atoms. The van der Waals surface area contributed by atoms with Crippen molar-refractivity contribution in [1.82, 2.24) is 19.9 Å². The number of nitrogens with zero attached hydrogens (tertiary/aromatic N) is 4. The summed E-state index contributed by atoms with van der Waals surface area (Å²) in [7, 11) is 0. The molecule has 5 heteroatoms. The van der Waals surface area contributed by atoms with E-state index in [1.54, 1.807) is 0 Å². The molecule has 0 atom stereocenters. The van der Waals surface area contributed by atoms with Crippen molar-refractivity contribution in [3.05, 3.63) is 41.7 Å². The summed E-state index contributed by atoms with van der Waals surface area (Å²) in [6, 6.07) is 8.28. The lowest BCUT2D eigenvalue weighted by Crippen LogP contribution is -2.40. The molecule has 0 aliphatic carbocycles. The molecule has 0 N–H and O–H groups in total. The van der Waals surface area contributed by atoms with Gasteiger partial charge in [-0.2, -0.15) is 0 Å². The first-order valence-electron chi connectivity index (χ1n) is 8.14. The first-order chi connectivity index (χ1) is 10.7. The number of benzene rings is 1. The Morgan fingerprint density at radius 2 is 1.96 bits per heavy atom. The number of aromatic nitrogens is 3. The van der Waals surface area contributed by atoms with E-state index < -0.39 is 0 Å². The van der Waals surface area contributed by atoms with Crippen LogP contribution in [0.25, 0.3) is 0 Å². The van der Waals surface area contributed by atoms with Crippen molar-refractivity contribution in [2.45, 2.75) is 58.8 Å². The minimum absolute atomic E-state index is 0.0426. The highest BCUT2D eigenvalue weighted by Gasteiger charge is 2.29. The smallest absolute Gasteiger partial charge is 0.124 e. The summed E-state index contributed by atoms with van der Waals surface area (Å²) in [5.74, 6) is 0.985. The zero-order valence-electron chi connectivity index (χ0n) is 14.7. The van der Waals surface area contributed by atoms with Gasteiger partial charge in [0, 0.05) is 25.2 Å². The van der Waals surface area contributed by atoms with Crippen LogP contribution in [0.4, 0.5) is 0 Å². The molecular weight excluding hydrogens is 288 g/mol. The van der Waals surface area contributed by atoms with Gasteiger partial charge in [0.05, 0.1) is 17.4 Å². The predicted molar refractivity (Wildman–Crippen MR) is 90.3 cm³/mol. The van der Waals surface area contributed by atoms with Crippen molar-refractivity contribution in [2.24, 2.45) is 0 Å². The molecule has 23 heavy (non-hydrogen) atoms. The van der Waals surface area contributed by atoms with Gasteiger partial charge in [0.1, 0.15) is 11.4 Å². The Morgan fingerprint density at radius 1 is 1.22 bits per heavy atom. The van der Waals surface area contributed by atoms with Crippen LogP contribution in [0.5, 0.6) is 5.75 Å². The number of hydrogen-bond donors (Lipinski definition) is 0. The second-order valence-corrected chi connectivity index (χ2v) is 7.94. The normalized spacial score (nSPS) is 18.1. The topological polar surface area (TPSA) is 43.2 Å². The van der Waals surface area contributed by atoms with Crippen LogP contribution in [0.15, 0.2) is 30.5 Å². The lowest BCUT2D eigenvalue weighted by Gasteiger charge is -2.29. The maximum absolute atomic E-state index is 6.19. The van der Waals surface area contributed by atoms with Crippen molar-refractivity contribution < 1.29 is 4.74 Å². The van der Waals surface area contributed by atoms with Crippen LogP contribution >= 0.6 is 0 Å². The van der Waals surface area contributed by atoms with Gasteiger partial charge in [-0.3, -0.25) is 4.90 Å². The van der Waals surface area contributed by atoms with E-state index in [1.165, 1.54) is 5.56 Å². The highest BCUT2D eigenvalue weighted by molar-refractivity contribution is 5.34. The number of ether oxygens (including phenoxy) is 1. The summed E-state index contributed by atoms with van der Waals surface area (Å²) >= 11 is 0. The Kier molecular flexibility index (Phi) is 3.92. The van der Waals surface area contributed by atoms with Crippen LogP contribution in [-0.4, -0.2) is 32.0 Å². The van der Waals surface area contributed by atoms with E-state index in [2.05, 4.69) is 68.0 Å². The molecule has 0 amide bonds. The van der Waals surface area contributed by atoms with Crippen molar-refractivity contribution >= 4 is 0 Å². The molecule has 0 saturated heterocycles. The van der Waals surface area contributed by atoms with Crippen molar-refractivity contribution in [3.8, 4) is 5.75 Å². The summed E-state index contributed by atoms with van der Waals surface area (Å²) < 4.78 is 8.12. The fourth-order valence-electron chi connectivity index (χ4n) is 2.94. The second kappa shape index (κ2) is 5.64. The maximum atomic E-state index is 6.19. The van der Waals surface area contributed by atoms with Gasteiger partial charge >= 0.3 is 0 Å². The van der Waals surface area contributed by atoms with E-state index >= 15 is 0 Å². The van der Waals surface area contributed by atoms with E-state index in [4.69, 9.17) is 4.74 Å². The zero-order chi connectivity index (χ0) is 16.7.